The van der Waals surface area contributed by atoms with Crippen LogP contribution in [0.4, 0.5) is 0 Å². The molecule has 4 atom stereocenters. The van der Waals surface area contributed by atoms with Gasteiger partial charge in [0, 0.05) is 18.6 Å². The smallest absolute Gasteiger partial charge is 0.245 e. The maximum absolute atomic E-state index is 12.9. The Balaban J connectivity index is 1.81. The fourth-order valence-electron chi connectivity index (χ4n) is 3.78. The molecule has 4 nitrogen and oxygen atoms in total. The van der Waals surface area contributed by atoms with Crippen LogP contribution in [0, 0.1) is 5.41 Å². The van der Waals surface area contributed by atoms with E-state index in [1.165, 1.54) is 0 Å². The topological polar surface area (TPSA) is 41.6 Å². The van der Waals surface area contributed by atoms with Crippen LogP contribution >= 0.6 is 0 Å². The average Bonchev–Trinajstić information content (AvgIpc) is 2.75. The van der Waals surface area contributed by atoms with Crippen molar-refractivity contribution in [1.82, 2.24) is 10.2 Å². The lowest BCUT2D eigenvalue weighted by Crippen LogP contribution is -2.64. The summed E-state index contributed by atoms with van der Waals surface area (Å²) in [5.74, 6) is 0.182. The first-order valence-electron chi connectivity index (χ1n) is 7.62. The zero-order valence-electron chi connectivity index (χ0n) is 13.2. The van der Waals surface area contributed by atoms with Gasteiger partial charge in [0.25, 0.3) is 0 Å². The van der Waals surface area contributed by atoms with E-state index in [2.05, 4.69) is 26.1 Å². The molecule has 1 saturated carbocycles. The summed E-state index contributed by atoms with van der Waals surface area (Å²) in [6, 6.07) is 9.97. The number of nitrogens with zero attached hydrogens (tertiary/aromatic N) is 1. The summed E-state index contributed by atoms with van der Waals surface area (Å²) in [5.41, 5.74) is 1.05. The molecule has 1 aliphatic carbocycles. The molecular weight excluding hydrogens is 264 g/mol. The molecule has 0 aromatic heterocycles. The lowest BCUT2D eigenvalue weighted by molar-refractivity contribution is -0.161. The van der Waals surface area contributed by atoms with E-state index in [1.807, 2.05) is 35.2 Å². The van der Waals surface area contributed by atoms with Gasteiger partial charge in [0.05, 0.1) is 12.3 Å². The average molecular weight is 288 g/mol. The molecule has 1 amide bonds. The number of benzene rings is 1. The van der Waals surface area contributed by atoms with Crippen molar-refractivity contribution in [2.45, 2.75) is 51.5 Å². The summed E-state index contributed by atoms with van der Waals surface area (Å²) >= 11 is 0. The molecule has 1 aliphatic heterocycles. The summed E-state index contributed by atoms with van der Waals surface area (Å²) in [4.78, 5) is 14.9. The SMILES string of the molecule is COC1CC(N2C(=O)C(c3ccccc3)NC2C)C1(C)C. The molecule has 21 heavy (non-hydrogen) atoms. The van der Waals surface area contributed by atoms with Crippen molar-refractivity contribution in [3.05, 3.63) is 35.9 Å². The summed E-state index contributed by atoms with van der Waals surface area (Å²) in [6.07, 6.45) is 1.21. The fourth-order valence-corrected chi connectivity index (χ4v) is 3.78. The van der Waals surface area contributed by atoms with E-state index >= 15 is 0 Å². The predicted octanol–water partition coefficient (Wildman–Crippen LogP) is 2.32. The van der Waals surface area contributed by atoms with Gasteiger partial charge in [-0.2, -0.15) is 0 Å². The lowest BCUT2D eigenvalue weighted by atomic mass is 9.63. The van der Waals surface area contributed by atoms with Gasteiger partial charge in [0.2, 0.25) is 5.91 Å². The molecule has 1 heterocycles. The van der Waals surface area contributed by atoms with Crippen molar-refractivity contribution < 1.29 is 9.53 Å². The maximum Gasteiger partial charge on any atom is 0.245 e. The van der Waals surface area contributed by atoms with Crippen molar-refractivity contribution in [3.8, 4) is 0 Å². The molecule has 1 aromatic carbocycles. The number of hydrogen-bond donors (Lipinski definition) is 1. The number of methoxy groups -OCH3 is 1. The van der Waals surface area contributed by atoms with Crippen molar-refractivity contribution in [1.29, 1.82) is 0 Å². The molecule has 0 bridgehead atoms. The normalized spacial score (nSPS) is 34.9. The number of carbonyl (C=O) groups is 1. The fraction of sp³-hybridized carbons (Fsp3) is 0.588. The Kier molecular flexibility index (Phi) is 3.54. The van der Waals surface area contributed by atoms with Crippen LogP contribution in [-0.4, -0.2) is 36.2 Å². The van der Waals surface area contributed by atoms with Crippen molar-refractivity contribution in [2.75, 3.05) is 7.11 Å². The molecule has 3 rings (SSSR count). The standard InChI is InChI=1S/C17H24N2O2/c1-11-18-15(12-8-6-5-7-9-12)16(20)19(11)13-10-14(21-4)17(13,2)3/h5-9,11,13-15,18H,10H2,1-4H3. The third kappa shape index (κ3) is 2.17. The second-order valence-corrected chi connectivity index (χ2v) is 6.73. The van der Waals surface area contributed by atoms with Crippen LogP contribution in [0.2, 0.25) is 0 Å². The number of rotatable bonds is 3. The Morgan fingerprint density at radius 1 is 1.29 bits per heavy atom. The van der Waals surface area contributed by atoms with Gasteiger partial charge in [-0.25, -0.2) is 0 Å². The molecular formula is C17H24N2O2. The Morgan fingerprint density at radius 3 is 2.52 bits per heavy atom. The van der Waals surface area contributed by atoms with Gasteiger partial charge < -0.3 is 9.64 Å². The third-order valence-electron chi connectivity index (χ3n) is 5.21. The molecule has 0 spiro atoms. The van der Waals surface area contributed by atoms with Gasteiger partial charge in [-0.05, 0) is 18.9 Å². The predicted molar refractivity (Wildman–Crippen MR) is 81.6 cm³/mol. The van der Waals surface area contributed by atoms with E-state index in [0.717, 1.165) is 12.0 Å². The van der Waals surface area contributed by atoms with Crippen LogP contribution in [0.5, 0.6) is 0 Å². The Morgan fingerprint density at radius 2 is 1.95 bits per heavy atom. The molecule has 1 saturated heterocycles. The minimum Gasteiger partial charge on any atom is -0.381 e. The summed E-state index contributed by atoms with van der Waals surface area (Å²) in [5, 5.41) is 3.43. The van der Waals surface area contributed by atoms with E-state index in [0.29, 0.717) is 0 Å². The zero-order valence-corrected chi connectivity index (χ0v) is 13.2. The van der Waals surface area contributed by atoms with Crippen LogP contribution in [0.1, 0.15) is 38.8 Å². The largest absolute Gasteiger partial charge is 0.381 e. The molecule has 2 aliphatic rings. The molecule has 1 aromatic rings. The Hall–Kier alpha value is -1.39. The number of hydrogen-bond acceptors (Lipinski definition) is 3. The number of carbonyl (C=O) groups excluding carboxylic acids is 1. The maximum atomic E-state index is 12.9. The van der Waals surface area contributed by atoms with Gasteiger partial charge in [0.15, 0.2) is 0 Å². The Labute approximate surface area is 126 Å². The highest BCUT2D eigenvalue weighted by Crippen LogP contribution is 2.47. The van der Waals surface area contributed by atoms with E-state index < -0.39 is 0 Å². The highest BCUT2D eigenvalue weighted by molar-refractivity contribution is 5.86. The second-order valence-electron chi connectivity index (χ2n) is 6.73. The number of nitrogens with one attached hydrogen (secondary N) is 1. The second kappa shape index (κ2) is 5.11. The first-order chi connectivity index (χ1) is 9.96. The highest BCUT2D eigenvalue weighted by Gasteiger charge is 2.56. The first-order valence-corrected chi connectivity index (χ1v) is 7.62. The van der Waals surface area contributed by atoms with Crippen LogP contribution in [0.15, 0.2) is 30.3 Å². The van der Waals surface area contributed by atoms with E-state index in [-0.39, 0.29) is 35.7 Å². The van der Waals surface area contributed by atoms with Gasteiger partial charge in [-0.15, -0.1) is 0 Å². The molecule has 4 heteroatoms. The van der Waals surface area contributed by atoms with Gasteiger partial charge in [-0.3, -0.25) is 10.1 Å². The number of amides is 1. The van der Waals surface area contributed by atoms with Crippen LogP contribution in [0.3, 0.4) is 0 Å². The third-order valence-corrected chi connectivity index (χ3v) is 5.21. The van der Waals surface area contributed by atoms with Crippen LogP contribution in [-0.2, 0) is 9.53 Å². The van der Waals surface area contributed by atoms with Crippen LogP contribution in [0.25, 0.3) is 0 Å². The monoisotopic (exact) mass is 288 g/mol. The minimum absolute atomic E-state index is 0.00588. The van der Waals surface area contributed by atoms with Gasteiger partial charge in [0.1, 0.15) is 6.04 Å². The lowest BCUT2D eigenvalue weighted by Gasteiger charge is -2.55. The molecule has 0 radical (unpaired) electrons. The summed E-state index contributed by atoms with van der Waals surface area (Å²) in [6.45, 7) is 6.44. The number of ether oxygens (including phenoxy) is 1. The summed E-state index contributed by atoms with van der Waals surface area (Å²) < 4.78 is 5.51. The summed E-state index contributed by atoms with van der Waals surface area (Å²) in [7, 11) is 1.75. The molecule has 114 valence electrons. The molecule has 2 fully saturated rings. The van der Waals surface area contributed by atoms with E-state index in [4.69, 9.17) is 4.74 Å². The van der Waals surface area contributed by atoms with Gasteiger partial charge >= 0.3 is 0 Å². The van der Waals surface area contributed by atoms with Crippen LogP contribution < -0.4 is 5.32 Å². The molecule has 4 unspecified atom stereocenters. The van der Waals surface area contributed by atoms with Crippen molar-refractivity contribution in [2.24, 2.45) is 5.41 Å². The minimum atomic E-state index is -0.224. The highest BCUT2D eigenvalue weighted by atomic mass is 16.5. The Bertz CT molecular complexity index is 529. The van der Waals surface area contributed by atoms with E-state index in [9.17, 15) is 4.79 Å². The quantitative estimate of drug-likeness (QED) is 0.928. The first kappa shape index (κ1) is 14.5. The molecule has 1 N–H and O–H groups in total. The van der Waals surface area contributed by atoms with E-state index in [1.54, 1.807) is 7.11 Å². The van der Waals surface area contributed by atoms with Gasteiger partial charge in [-0.1, -0.05) is 44.2 Å². The van der Waals surface area contributed by atoms with Crippen molar-refractivity contribution >= 4 is 5.91 Å². The zero-order chi connectivity index (χ0) is 15.2. The van der Waals surface area contributed by atoms with Crippen molar-refractivity contribution in [3.63, 3.8) is 0 Å².